The highest BCUT2D eigenvalue weighted by Crippen LogP contribution is 2.28. The van der Waals surface area contributed by atoms with E-state index in [2.05, 4.69) is 19.7 Å². The molecule has 30 heavy (non-hydrogen) atoms. The van der Waals surface area contributed by atoms with Crippen LogP contribution in [0.4, 0.5) is 19.0 Å². The van der Waals surface area contributed by atoms with Crippen LogP contribution < -0.4 is 9.64 Å². The Balaban J connectivity index is 1.48. The SMILES string of the molecule is COc1c(F)c(F)cc(C(=O)N2CCN(c3cc(-n4ccnc4)ncn3)CC2)c1F. The predicted molar refractivity (Wildman–Crippen MR) is 100 cm³/mol. The third kappa shape index (κ3) is 3.53. The van der Waals surface area contributed by atoms with Crippen LogP contribution in [0.25, 0.3) is 5.82 Å². The molecule has 1 amide bonds. The topological polar surface area (TPSA) is 76.4 Å². The van der Waals surface area contributed by atoms with Crippen LogP contribution in [0, 0.1) is 17.5 Å². The van der Waals surface area contributed by atoms with Gasteiger partial charge >= 0.3 is 0 Å². The Morgan fingerprint density at radius 2 is 1.77 bits per heavy atom. The second-order valence-electron chi connectivity index (χ2n) is 6.55. The molecule has 0 bridgehead atoms. The Hall–Kier alpha value is -3.63. The summed E-state index contributed by atoms with van der Waals surface area (Å²) in [5.41, 5.74) is -0.566. The van der Waals surface area contributed by atoms with Gasteiger partial charge in [0.2, 0.25) is 5.82 Å². The van der Waals surface area contributed by atoms with Crippen molar-refractivity contribution in [3.05, 3.63) is 60.2 Å². The van der Waals surface area contributed by atoms with Crippen LogP contribution in [0.2, 0.25) is 0 Å². The smallest absolute Gasteiger partial charge is 0.257 e. The Morgan fingerprint density at radius 3 is 2.43 bits per heavy atom. The number of imidazole rings is 1. The van der Waals surface area contributed by atoms with Gasteiger partial charge in [0.15, 0.2) is 17.4 Å². The molecule has 8 nitrogen and oxygen atoms in total. The van der Waals surface area contributed by atoms with Crippen LogP contribution >= 0.6 is 0 Å². The maximum absolute atomic E-state index is 14.4. The van der Waals surface area contributed by atoms with Crippen LogP contribution in [0.3, 0.4) is 0 Å². The lowest BCUT2D eigenvalue weighted by Crippen LogP contribution is -2.49. The van der Waals surface area contributed by atoms with Crippen molar-refractivity contribution >= 4 is 11.7 Å². The van der Waals surface area contributed by atoms with Gasteiger partial charge in [-0.2, -0.15) is 4.39 Å². The zero-order valence-electron chi connectivity index (χ0n) is 15.9. The van der Waals surface area contributed by atoms with Crippen molar-refractivity contribution in [1.82, 2.24) is 24.4 Å². The fourth-order valence-corrected chi connectivity index (χ4v) is 3.27. The van der Waals surface area contributed by atoms with Gasteiger partial charge < -0.3 is 14.5 Å². The van der Waals surface area contributed by atoms with E-state index < -0.39 is 34.7 Å². The van der Waals surface area contributed by atoms with E-state index in [9.17, 15) is 18.0 Å². The number of carbonyl (C=O) groups is 1. The Labute approximate surface area is 169 Å². The largest absolute Gasteiger partial charge is 0.491 e. The molecule has 156 valence electrons. The van der Waals surface area contributed by atoms with E-state index in [1.54, 1.807) is 29.4 Å². The van der Waals surface area contributed by atoms with Crippen molar-refractivity contribution in [3.63, 3.8) is 0 Å². The fourth-order valence-electron chi connectivity index (χ4n) is 3.27. The van der Waals surface area contributed by atoms with Gasteiger partial charge in [-0.15, -0.1) is 0 Å². The molecule has 1 aromatic carbocycles. The fraction of sp³-hybridized carbons (Fsp3) is 0.263. The lowest BCUT2D eigenvalue weighted by molar-refractivity contribution is 0.0740. The van der Waals surface area contributed by atoms with Gasteiger partial charge in [-0.05, 0) is 6.07 Å². The number of hydrogen-bond acceptors (Lipinski definition) is 6. The molecule has 1 aliphatic heterocycles. The molecule has 11 heteroatoms. The average Bonchev–Trinajstić information content (AvgIpc) is 3.31. The Kier molecular flexibility index (Phi) is 5.25. The van der Waals surface area contributed by atoms with Crippen molar-refractivity contribution in [2.75, 3.05) is 38.2 Å². The van der Waals surface area contributed by atoms with E-state index in [4.69, 9.17) is 0 Å². The minimum absolute atomic E-state index is 0.254. The minimum atomic E-state index is -1.46. The van der Waals surface area contributed by atoms with Gasteiger partial charge in [-0.3, -0.25) is 9.36 Å². The zero-order chi connectivity index (χ0) is 21.3. The van der Waals surface area contributed by atoms with E-state index in [0.717, 1.165) is 7.11 Å². The number of carbonyl (C=O) groups excluding carboxylic acids is 1. The second-order valence-corrected chi connectivity index (χ2v) is 6.55. The lowest BCUT2D eigenvalue weighted by Gasteiger charge is -2.35. The lowest BCUT2D eigenvalue weighted by atomic mass is 10.1. The molecular weight excluding hydrogens is 401 g/mol. The van der Waals surface area contributed by atoms with Crippen molar-refractivity contribution in [3.8, 4) is 11.6 Å². The van der Waals surface area contributed by atoms with Crippen LogP contribution in [0.5, 0.6) is 5.75 Å². The second kappa shape index (κ2) is 8.01. The summed E-state index contributed by atoms with van der Waals surface area (Å²) >= 11 is 0. The number of aromatic nitrogens is 4. The molecule has 0 N–H and O–H groups in total. The summed E-state index contributed by atoms with van der Waals surface area (Å²) in [6, 6.07) is 2.35. The normalized spacial score (nSPS) is 14.1. The standard InChI is InChI=1S/C19H17F3N6O2/c1-30-18-16(21)12(8-13(20)17(18)22)19(29)27-6-4-26(5-7-27)14-9-15(25-10-24-14)28-3-2-23-11-28/h2-3,8-11H,4-7H2,1H3. The Bertz CT molecular complexity index is 1070. The third-order valence-corrected chi connectivity index (χ3v) is 4.85. The maximum atomic E-state index is 14.4. The molecule has 0 aliphatic carbocycles. The molecule has 0 saturated carbocycles. The number of methoxy groups -OCH3 is 1. The molecule has 1 fully saturated rings. The molecule has 1 aliphatic rings. The summed E-state index contributed by atoms with van der Waals surface area (Å²) < 4.78 is 48.1. The third-order valence-electron chi connectivity index (χ3n) is 4.85. The molecular formula is C19H17F3N6O2. The number of ether oxygens (including phenoxy) is 1. The first-order valence-corrected chi connectivity index (χ1v) is 9.05. The zero-order valence-corrected chi connectivity index (χ0v) is 15.9. The summed E-state index contributed by atoms with van der Waals surface area (Å²) in [6.45, 7) is 1.36. The van der Waals surface area contributed by atoms with Crippen LogP contribution in [-0.4, -0.2) is 63.6 Å². The van der Waals surface area contributed by atoms with Crippen molar-refractivity contribution in [2.45, 2.75) is 0 Å². The highest BCUT2D eigenvalue weighted by atomic mass is 19.2. The van der Waals surface area contributed by atoms with Crippen LogP contribution in [0.15, 0.2) is 37.2 Å². The van der Waals surface area contributed by atoms with Crippen LogP contribution in [-0.2, 0) is 0 Å². The van der Waals surface area contributed by atoms with Crippen LogP contribution in [0.1, 0.15) is 10.4 Å². The summed E-state index contributed by atoms with van der Waals surface area (Å²) in [5, 5.41) is 0. The summed E-state index contributed by atoms with van der Waals surface area (Å²) in [5.74, 6) is -4.36. The first-order valence-electron chi connectivity index (χ1n) is 9.05. The van der Waals surface area contributed by atoms with E-state index in [1.807, 2.05) is 4.90 Å². The number of halogens is 3. The van der Waals surface area contributed by atoms with Gasteiger partial charge in [0.1, 0.15) is 24.3 Å². The molecule has 0 unspecified atom stereocenters. The predicted octanol–water partition coefficient (Wildman–Crippen LogP) is 2.05. The van der Waals surface area contributed by atoms with E-state index in [1.165, 1.54) is 11.2 Å². The molecule has 0 atom stereocenters. The Morgan fingerprint density at radius 1 is 1.03 bits per heavy atom. The van der Waals surface area contributed by atoms with Gasteiger partial charge in [-0.25, -0.2) is 23.7 Å². The van der Waals surface area contributed by atoms with E-state index in [0.29, 0.717) is 30.8 Å². The van der Waals surface area contributed by atoms with Gasteiger partial charge in [0, 0.05) is 44.6 Å². The number of piperazine rings is 1. The summed E-state index contributed by atoms with van der Waals surface area (Å²) in [7, 11) is 1.01. The quantitative estimate of drug-likeness (QED) is 0.604. The van der Waals surface area contributed by atoms with E-state index in [-0.39, 0.29) is 13.1 Å². The number of hydrogen-bond donors (Lipinski definition) is 0. The van der Waals surface area contributed by atoms with E-state index >= 15 is 0 Å². The van der Waals surface area contributed by atoms with Gasteiger partial charge in [-0.1, -0.05) is 0 Å². The molecule has 3 aromatic rings. The van der Waals surface area contributed by atoms with Crippen molar-refractivity contribution < 1.29 is 22.7 Å². The monoisotopic (exact) mass is 418 g/mol. The number of nitrogens with zero attached hydrogens (tertiary/aromatic N) is 6. The maximum Gasteiger partial charge on any atom is 0.257 e. The molecule has 1 saturated heterocycles. The van der Waals surface area contributed by atoms with Crippen molar-refractivity contribution in [1.29, 1.82) is 0 Å². The molecule has 3 heterocycles. The van der Waals surface area contributed by atoms with Gasteiger partial charge in [0.05, 0.1) is 12.7 Å². The van der Waals surface area contributed by atoms with Crippen molar-refractivity contribution in [2.24, 2.45) is 0 Å². The number of anilines is 1. The molecule has 2 aromatic heterocycles. The summed E-state index contributed by atoms with van der Waals surface area (Å²) in [6.07, 6.45) is 6.45. The van der Waals surface area contributed by atoms with Gasteiger partial charge in [0.25, 0.3) is 5.91 Å². The number of benzene rings is 1. The molecule has 0 radical (unpaired) electrons. The number of amides is 1. The highest BCUT2D eigenvalue weighted by molar-refractivity contribution is 5.95. The molecule has 4 rings (SSSR count). The average molecular weight is 418 g/mol. The highest BCUT2D eigenvalue weighted by Gasteiger charge is 2.29. The summed E-state index contributed by atoms with van der Waals surface area (Å²) in [4.78, 5) is 28.5. The first kappa shape index (κ1) is 19.7. The number of rotatable bonds is 4. The first-order chi connectivity index (χ1) is 14.5. The minimum Gasteiger partial charge on any atom is -0.491 e. The molecule has 0 spiro atoms.